The molecule has 0 aromatic heterocycles. The summed E-state index contributed by atoms with van der Waals surface area (Å²) >= 11 is 1.71. The molecule has 0 saturated heterocycles. The zero-order valence-corrected chi connectivity index (χ0v) is 4.43. The first-order chi connectivity index (χ1) is 2.41. The maximum atomic E-state index is 2.93. The van der Waals surface area contributed by atoms with Crippen LogP contribution in [0, 0.1) is 0 Å². The van der Waals surface area contributed by atoms with E-state index in [1.807, 2.05) is 7.98 Å². The summed E-state index contributed by atoms with van der Waals surface area (Å²) < 4.78 is 2.93. The highest BCUT2D eigenvalue weighted by atomic mass is 32.2. The van der Waals surface area contributed by atoms with Crippen molar-refractivity contribution in [2.45, 2.75) is 6.92 Å². The van der Waals surface area contributed by atoms with Gasteiger partial charge in [-0.05, 0) is 0 Å². The van der Waals surface area contributed by atoms with E-state index in [1.165, 1.54) is 0 Å². The Kier molecular flexibility index (Phi) is 4.70. The van der Waals surface area contributed by atoms with Crippen LogP contribution in [0.3, 0.4) is 0 Å². The molecule has 0 aromatic carbocycles. The van der Waals surface area contributed by atoms with Crippen molar-refractivity contribution in [2.24, 2.45) is 0 Å². The van der Waals surface area contributed by atoms with E-state index >= 15 is 0 Å². The van der Waals surface area contributed by atoms with Gasteiger partial charge in [0.25, 0.3) is 0 Å². The van der Waals surface area contributed by atoms with Gasteiger partial charge in [-0.15, -0.1) is 0 Å². The van der Waals surface area contributed by atoms with E-state index < -0.39 is 0 Å². The summed E-state index contributed by atoms with van der Waals surface area (Å²) in [5, 5.41) is 0. The van der Waals surface area contributed by atoms with Gasteiger partial charge in [0, 0.05) is 5.75 Å². The van der Waals surface area contributed by atoms with Crippen LogP contribution in [0.15, 0.2) is 0 Å². The van der Waals surface area contributed by atoms with Crippen LogP contribution < -0.4 is 4.63 Å². The Bertz CT molecular complexity index is 17.1. The fourth-order valence-electron chi connectivity index (χ4n) is 0.144. The molecule has 0 heterocycles. The molecule has 0 spiro atoms. The SMILES string of the molecule is BNSCC. The van der Waals surface area contributed by atoms with Crippen LogP contribution in [0.1, 0.15) is 6.92 Å². The van der Waals surface area contributed by atoms with E-state index in [4.69, 9.17) is 0 Å². The van der Waals surface area contributed by atoms with Gasteiger partial charge in [-0.1, -0.05) is 18.9 Å². The highest BCUT2D eigenvalue weighted by molar-refractivity contribution is 7.98. The van der Waals surface area contributed by atoms with Crippen LogP contribution in [0.5, 0.6) is 0 Å². The first-order valence-corrected chi connectivity index (χ1v) is 2.69. The van der Waals surface area contributed by atoms with Gasteiger partial charge in [0.05, 0.1) is 0 Å². The van der Waals surface area contributed by atoms with E-state index in [-0.39, 0.29) is 0 Å². The second kappa shape index (κ2) is 4.37. The molecule has 0 aliphatic carbocycles. The van der Waals surface area contributed by atoms with E-state index in [9.17, 15) is 0 Å². The molecule has 1 N–H and O–H groups in total. The normalized spacial score (nSPS) is 8.20. The van der Waals surface area contributed by atoms with Gasteiger partial charge >= 0.3 is 0 Å². The van der Waals surface area contributed by atoms with Crippen LogP contribution in [0.25, 0.3) is 0 Å². The largest absolute Gasteiger partial charge is 0.311 e. The molecule has 0 aromatic rings. The molecule has 5 heavy (non-hydrogen) atoms. The lowest BCUT2D eigenvalue weighted by molar-refractivity contribution is 1.50. The molecule has 0 bridgehead atoms. The van der Waals surface area contributed by atoms with Gasteiger partial charge in [-0.3, -0.25) is 0 Å². The van der Waals surface area contributed by atoms with Gasteiger partial charge in [-0.2, -0.15) is 0 Å². The third-order valence-electron chi connectivity index (χ3n) is 0.289. The zero-order valence-electron chi connectivity index (χ0n) is 3.62. The summed E-state index contributed by atoms with van der Waals surface area (Å²) in [5.41, 5.74) is 0. The number of hydrogen-bond donors (Lipinski definition) is 1. The average molecular weight is 89.0 g/mol. The van der Waals surface area contributed by atoms with Gasteiger partial charge in [0.15, 0.2) is 7.98 Å². The van der Waals surface area contributed by atoms with Crippen LogP contribution in [0.4, 0.5) is 0 Å². The topological polar surface area (TPSA) is 12.0 Å². The molecule has 0 fully saturated rings. The molecule has 0 rings (SSSR count). The fraction of sp³-hybridized carbons (Fsp3) is 1.00. The van der Waals surface area contributed by atoms with Gasteiger partial charge in [0.2, 0.25) is 0 Å². The van der Waals surface area contributed by atoms with E-state index in [1.54, 1.807) is 11.9 Å². The Balaban J connectivity index is 2.19. The summed E-state index contributed by atoms with van der Waals surface area (Å²) in [6, 6.07) is 0. The Morgan fingerprint density at radius 3 is 2.60 bits per heavy atom. The molecule has 0 saturated carbocycles. The quantitative estimate of drug-likeness (QED) is 0.371. The number of rotatable bonds is 2. The summed E-state index contributed by atoms with van der Waals surface area (Å²) in [6.45, 7) is 2.11. The number of hydrogen-bond acceptors (Lipinski definition) is 2. The molecular weight excluding hydrogens is 80.9 g/mol. The smallest absolute Gasteiger partial charge is 0.195 e. The first-order valence-electron chi connectivity index (χ1n) is 1.70. The Hall–Kier alpha value is 0.375. The molecule has 0 atom stereocenters. The zero-order chi connectivity index (χ0) is 4.12. The summed E-state index contributed by atoms with van der Waals surface area (Å²) in [4.78, 5) is 0. The average Bonchev–Trinajstić information content (AvgIpc) is 1.41. The third kappa shape index (κ3) is 4.37. The van der Waals surface area contributed by atoms with Crippen molar-refractivity contribution in [1.82, 2.24) is 4.63 Å². The highest BCUT2D eigenvalue weighted by Crippen LogP contribution is 1.83. The van der Waals surface area contributed by atoms with Crippen molar-refractivity contribution in [1.29, 1.82) is 0 Å². The molecule has 0 aliphatic rings. The van der Waals surface area contributed by atoms with Crippen LogP contribution in [-0.2, 0) is 0 Å². The van der Waals surface area contributed by atoms with Crippen LogP contribution in [0.2, 0.25) is 0 Å². The minimum atomic E-state index is 1.15. The molecular formula is C2H8BNS. The van der Waals surface area contributed by atoms with Crippen LogP contribution in [-0.4, -0.2) is 13.7 Å². The molecule has 0 radical (unpaired) electrons. The van der Waals surface area contributed by atoms with Crippen LogP contribution >= 0.6 is 11.9 Å². The lowest BCUT2D eigenvalue weighted by Crippen LogP contribution is -1.92. The summed E-state index contributed by atoms with van der Waals surface area (Å²) in [5.74, 6) is 1.15. The predicted octanol–water partition coefficient (Wildman–Crippen LogP) is -0.208. The standard InChI is InChI=1S/C2H8BNS/c1-2-5-4-3/h4H,2-3H2,1H3. The van der Waals surface area contributed by atoms with Gasteiger partial charge < -0.3 is 4.63 Å². The van der Waals surface area contributed by atoms with Gasteiger partial charge in [-0.25, -0.2) is 0 Å². The van der Waals surface area contributed by atoms with Crippen molar-refractivity contribution < 1.29 is 0 Å². The van der Waals surface area contributed by atoms with Gasteiger partial charge in [0.1, 0.15) is 0 Å². The summed E-state index contributed by atoms with van der Waals surface area (Å²) in [6.07, 6.45) is 0. The van der Waals surface area contributed by atoms with Crippen molar-refractivity contribution in [3.05, 3.63) is 0 Å². The molecule has 0 unspecified atom stereocenters. The minimum absolute atomic E-state index is 1.15. The van der Waals surface area contributed by atoms with Crippen molar-refractivity contribution in [2.75, 3.05) is 5.75 Å². The summed E-state index contributed by atoms with van der Waals surface area (Å²) in [7, 11) is 1.92. The third-order valence-corrected chi connectivity index (χ3v) is 0.866. The molecule has 0 aliphatic heterocycles. The molecule has 3 heteroatoms. The Morgan fingerprint density at radius 1 is 2.00 bits per heavy atom. The second-order valence-electron chi connectivity index (χ2n) is 0.637. The lowest BCUT2D eigenvalue weighted by Gasteiger charge is -1.84. The van der Waals surface area contributed by atoms with E-state index in [0.29, 0.717) is 0 Å². The van der Waals surface area contributed by atoms with Crippen molar-refractivity contribution in [3.63, 3.8) is 0 Å². The highest BCUT2D eigenvalue weighted by Gasteiger charge is 1.65. The minimum Gasteiger partial charge on any atom is -0.311 e. The monoisotopic (exact) mass is 89.0 g/mol. The van der Waals surface area contributed by atoms with E-state index in [0.717, 1.165) is 5.75 Å². The molecule has 1 nitrogen and oxygen atoms in total. The van der Waals surface area contributed by atoms with Crippen molar-refractivity contribution >= 4 is 19.9 Å². The van der Waals surface area contributed by atoms with E-state index in [2.05, 4.69) is 11.6 Å². The predicted molar refractivity (Wildman–Crippen MR) is 29.8 cm³/mol. The lowest BCUT2D eigenvalue weighted by atomic mass is 10.5. The van der Waals surface area contributed by atoms with Crippen molar-refractivity contribution in [3.8, 4) is 0 Å². The molecule has 30 valence electrons. The maximum absolute atomic E-state index is 2.93. The first kappa shape index (κ1) is 5.37. The maximum Gasteiger partial charge on any atom is 0.195 e. The molecule has 0 amide bonds. The Labute approximate surface area is 38.1 Å². The Morgan fingerprint density at radius 2 is 2.60 bits per heavy atom. The number of nitrogens with one attached hydrogen (secondary N) is 1. The second-order valence-corrected chi connectivity index (χ2v) is 1.91. The fourth-order valence-corrected chi connectivity index (χ4v) is 0.433.